The number of allylic oxidation sites excluding steroid dienone is 2. The van der Waals surface area contributed by atoms with Gasteiger partial charge in [-0.15, -0.1) is 0 Å². The molecule has 2 rings (SSSR count). The highest BCUT2D eigenvalue weighted by Gasteiger charge is 2.55. The summed E-state index contributed by atoms with van der Waals surface area (Å²) in [6, 6.07) is 0. The minimum atomic E-state index is 0.325. The lowest BCUT2D eigenvalue weighted by Crippen LogP contribution is -2.17. The van der Waals surface area contributed by atoms with Crippen molar-refractivity contribution >= 4 is 5.78 Å². The van der Waals surface area contributed by atoms with Gasteiger partial charge in [-0.3, -0.25) is 0 Å². The molecule has 3 unspecified atom stereocenters. The van der Waals surface area contributed by atoms with Crippen LogP contribution in [0.3, 0.4) is 0 Å². The smallest absolute Gasteiger partial charge is 0.129 e. The van der Waals surface area contributed by atoms with Crippen molar-refractivity contribution in [1.29, 1.82) is 0 Å². The van der Waals surface area contributed by atoms with Gasteiger partial charge < -0.3 is 9.53 Å². The van der Waals surface area contributed by atoms with E-state index < -0.39 is 0 Å². The first-order valence-corrected chi connectivity index (χ1v) is 6.32. The molecule has 2 nitrogen and oxygen atoms in total. The molecule has 0 radical (unpaired) electrons. The third-order valence-corrected chi connectivity index (χ3v) is 4.26. The van der Waals surface area contributed by atoms with Crippen LogP contribution in [0.5, 0.6) is 0 Å². The van der Waals surface area contributed by atoms with Gasteiger partial charge in [-0.25, -0.2) is 0 Å². The SMILES string of the molecule is COC1=CC2CC2(CCCC(C)=O)CC1C. The number of hydrogen-bond donors (Lipinski definition) is 0. The molecule has 0 bridgehead atoms. The van der Waals surface area contributed by atoms with Crippen molar-refractivity contribution < 1.29 is 9.53 Å². The first-order valence-electron chi connectivity index (χ1n) is 6.32. The molecule has 1 saturated carbocycles. The molecule has 2 aliphatic rings. The van der Waals surface area contributed by atoms with Crippen LogP contribution in [0.1, 0.15) is 46.0 Å². The summed E-state index contributed by atoms with van der Waals surface area (Å²) in [6.45, 7) is 3.94. The van der Waals surface area contributed by atoms with Gasteiger partial charge >= 0.3 is 0 Å². The Kier molecular flexibility index (Phi) is 3.09. The Bertz CT molecular complexity index is 319. The van der Waals surface area contributed by atoms with E-state index in [1.165, 1.54) is 25.0 Å². The summed E-state index contributed by atoms with van der Waals surface area (Å²) in [4.78, 5) is 10.9. The number of methoxy groups -OCH3 is 1. The number of fused-ring (bicyclic) bond motifs is 1. The lowest BCUT2D eigenvalue weighted by Gasteiger charge is -2.26. The van der Waals surface area contributed by atoms with Crippen LogP contribution in [0.15, 0.2) is 11.8 Å². The molecule has 0 saturated heterocycles. The van der Waals surface area contributed by atoms with Gasteiger partial charge in [0.1, 0.15) is 5.78 Å². The Hall–Kier alpha value is -0.790. The van der Waals surface area contributed by atoms with E-state index in [4.69, 9.17) is 4.74 Å². The van der Waals surface area contributed by atoms with Crippen LogP contribution in [-0.4, -0.2) is 12.9 Å². The number of hydrogen-bond acceptors (Lipinski definition) is 2. The normalized spacial score (nSPS) is 36.3. The highest BCUT2D eigenvalue weighted by atomic mass is 16.5. The number of Topliss-reactive ketones (excluding diaryl/α,β-unsaturated/α-hetero) is 1. The van der Waals surface area contributed by atoms with E-state index in [1.54, 1.807) is 14.0 Å². The molecule has 2 heteroatoms. The fraction of sp³-hybridized carbons (Fsp3) is 0.786. The average Bonchev–Trinajstić information content (AvgIpc) is 2.88. The minimum Gasteiger partial charge on any atom is -0.501 e. The van der Waals surface area contributed by atoms with Crippen molar-refractivity contribution in [3.05, 3.63) is 11.8 Å². The second-order valence-electron chi connectivity index (χ2n) is 5.61. The quantitative estimate of drug-likeness (QED) is 0.713. The van der Waals surface area contributed by atoms with Crippen LogP contribution in [-0.2, 0) is 9.53 Å². The van der Waals surface area contributed by atoms with Crippen LogP contribution < -0.4 is 0 Å². The first kappa shape index (κ1) is 11.7. The van der Waals surface area contributed by atoms with E-state index >= 15 is 0 Å². The monoisotopic (exact) mass is 222 g/mol. The lowest BCUT2D eigenvalue weighted by atomic mass is 9.81. The van der Waals surface area contributed by atoms with Crippen LogP contribution >= 0.6 is 0 Å². The molecule has 0 heterocycles. The zero-order valence-corrected chi connectivity index (χ0v) is 10.6. The van der Waals surface area contributed by atoms with Crippen LogP contribution in [0.4, 0.5) is 0 Å². The second-order valence-corrected chi connectivity index (χ2v) is 5.61. The largest absolute Gasteiger partial charge is 0.501 e. The summed E-state index contributed by atoms with van der Waals surface area (Å²) in [6.07, 6.45) is 7.91. The topological polar surface area (TPSA) is 26.3 Å². The summed E-state index contributed by atoms with van der Waals surface area (Å²) in [5.41, 5.74) is 0.525. The van der Waals surface area contributed by atoms with E-state index in [2.05, 4.69) is 13.0 Å². The van der Waals surface area contributed by atoms with Gasteiger partial charge in [-0.2, -0.15) is 0 Å². The van der Waals surface area contributed by atoms with Crippen molar-refractivity contribution in [1.82, 2.24) is 0 Å². The lowest BCUT2D eigenvalue weighted by molar-refractivity contribution is -0.117. The van der Waals surface area contributed by atoms with Crippen molar-refractivity contribution in [2.75, 3.05) is 7.11 Å². The van der Waals surface area contributed by atoms with Crippen molar-refractivity contribution in [3.8, 4) is 0 Å². The Balaban J connectivity index is 1.89. The minimum absolute atomic E-state index is 0.325. The maximum absolute atomic E-state index is 10.9. The fourth-order valence-corrected chi connectivity index (χ4v) is 3.27. The summed E-state index contributed by atoms with van der Waals surface area (Å²) in [5.74, 6) is 2.78. The molecule has 2 aliphatic carbocycles. The molecule has 1 fully saturated rings. The highest BCUT2D eigenvalue weighted by molar-refractivity contribution is 5.75. The molecule has 0 spiro atoms. The molecule has 16 heavy (non-hydrogen) atoms. The Morgan fingerprint density at radius 3 is 2.94 bits per heavy atom. The van der Waals surface area contributed by atoms with Gasteiger partial charge in [0.15, 0.2) is 0 Å². The summed E-state index contributed by atoms with van der Waals surface area (Å²) < 4.78 is 5.40. The second kappa shape index (κ2) is 4.23. The van der Waals surface area contributed by atoms with Gasteiger partial charge in [0.05, 0.1) is 12.9 Å². The Morgan fingerprint density at radius 2 is 2.31 bits per heavy atom. The van der Waals surface area contributed by atoms with E-state index in [0.717, 1.165) is 18.8 Å². The van der Waals surface area contributed by atoms with Crippen LogP contribution in [0, 0.1) is 17.3 Å². The van der Waals surface area contributed by atoms with Gasteiger partial charge in [0.25, 0.3) is 0 Å². The van der Waals surface area contributed by atoms with Gasteiger partial charge in [-0.1, -0.05) is 6.92 Å². The molecule has 0 amide bonds. The maximum Gasteiger partial charge on any atom is 0.129 e. The number of carbonyl (C=O) groups is 1. The maximum atomic E-state index is 10.9. The summed E-state index contributed by atoms with van der Waals surface area (Å²) in [5, 5.41) is 0. The molecule has 0 N–H and O–H groups in total. The number of rotatable bonds is 5. The average molecular weight is 222 g/mol. The molecule has 3 atom stereocenters. The molecule has 0 aromatic rings. The number of ether oxygens (including phenoxy) is 1. The zero-order valence-electron chi connectivity index (χ0n) is 10.6. The van der Waals surface area contributed by atoms with Crippen molar-refractivity contribution in [2.45, 2.75) is 46.0 Å². The van der Waals surface area contributed by atoms with Gasteiger partial charge in [0.2, 0.25) is 0 Å². The zero-order chi connectivity index (χ0) is 11.8. The first-order chi connectivity index (χ1) is 7.57. The fourth-order valence-electron chi connectivity index (χ4n) is 3.27. The predicted octanol–water partition coefficient (Wildman–Crippen LogP) is 3.32. The van der Waals surface area contributed by atoms with E-state index in [1.807, 2.05) is 0 Å². The number of ketones is 1. The van der Waals surface area contributed by atoms with Crippen LogP contribution in [0.25, 0.3) is 0 Å². The van der Waals surface area contributed by atoms with Gasteiger partial charge in [-0.05, 0) is 50.0 Å². The predicted molar refractivity (Wildman–Crippen MR) is 63.9 cm³/mol. The van der Waals surface area contributed by atoms with E-state index in [0.29, 0.717) is 17.1 Å². The molecule has 90 valence electrons. The van der Waals surface area contributed by atoms with Gasteiger partial charge in [0, 0.05) is 12.3 Å². The molecule has 0 aromatic heterocycles. The third-order valence-electron chi connectivity index (χ3n) is 4.26. The molecule has 0 aliphatic heterocycles. The molecule has 0 aromatic carbocycles. The highest BCUT2D eigenvalue weighted by Crippen LogP contribution is 2.64. The Labute approximate surface area is 98.1 Å². The molecular weight excluding hydrogens is 200 g/mol. The van der Waals surface area contributed by atoms with Crippen LogP contribution in [0.2, 0.25) is 0 Å². The van der Waals surface area contributed by atoms with Crippen molar-refractivity contribution in [2.24, 2.45) is 17.3 Å². The van der Waals surface area contributed by atoms with E-state index in [-0.39, 0.29) is 0 Å². The standard InChI is InChI=1S/C14H22O2/c1-10-8-14(6-4-5-11(2)15)9-12(14)7-13(10)16-3/h7,10,12H,4-6,8-9H2,1-3H3. The summed E-state index contributed by atoms with van der Waals surface area (Å²) >= 11 is 0. The third kappa shape index (κ3) is 2.16. The Morgan fingerprint density at radius 1 is 1.56 bits per heavy atom. The van der Waals surface area contributed by atoms with Crippen molar-refractivity contribution in [3.63, 3.8) is 0 Å². The van der Waals surface area contributed by atoms with E-state index in [9.17, 15) is 4.79 Å². The summed E-state index contributed by atoms with van der Waals surface area (Å²) in [7, 11) is 1.77. The number of carbonyl (C=O) groups excluding carboxylic acids is 1. The molecular formula is C14H22O2.